The molecule has 0 aliphatic heterocycles. The van der Waals surface area contributed by atoms with Crippen LogP contribution in [0.5, 0.6) is 0 Å². The van der Waals surface area contributed by atoms with Crippen LogP contribution in [0.4, 0.5) is 0 Å². The van der Waals surface area contributed by atoms with Crippen molar-refractivity contribution in [1.82, 2.24) is 0 Å². The minimum Gasteiger partial charge on any atom is -0.0795 e. The topological polar surface area (TPSA) is 0 Å². The van der Waals surface area contributed by atoms with E-state index in [0.29, 0.717) is 0 Å². The molecule has 0 fully saturated rings. The van der Waals surface area contributed by atoms with Gasteiger partial charge in [0.2, 0.25) is 0 Å². The Bertz CT molecular complexity index is 284. The predicted molar refractivity (Wildman–Crippen MR) is 71.0 cm³/mol. The SMILES string of the molecule is C1=Cc2ccccc2C1.CC.CC(C)C.[V]. The Balaban J connectivity index is 0. The van der Waals surface area contributed by atoms with Crippen molar-refractivity contribution in [3.8, 4) is 0 Å². The predicted octanol–water partition coefficient (Wildman–Crippen LogP) is 4.94. The van der Waals surface area contributed by atoms with Gasteiger partial charge < -0.3 is 0 Å². The molecular formula is C15H24V. The fraction of sp³-hybridized carbons (Fsp3) is 0.467. The summed E-state index contributed by atoms with van der Waals surface area (Å²) in [6, 6.07) is 8.49. The normalized spacial score (nSPS) is 10.4. The molecule has 0 N–H and O–H groups in total. The van der Waals surface area contributed by atoms with Crippen molar-refractivity contribution in [2.45, 2.75) is 41.0 Å². The summed E-state index contributed by atoms with van der Waals surface area (Å²) in [4.78, 5) is 0. The van der Waals surface area contributed by atoms with Crippen LogP contribution in [0.15, 0.2) is 30.3 Å². The average Bonchev–Trinajstić information content (AvgIpc) is 2.67. The molecule has 1 aromatic carbocycles. The van der Waals surface area contributed by atoms with Crippen LogP contribution in [0.2, 0.25) is 0 Å². The molecule has 0 bridgehead atoms. The molecule has 0 spiro atoms. The number of allylic oxidation sites excluding steroid dienone is 1. The minimum absolute atomic E-state index is 0. The van der Waals surface area contributed by atoms with Gasteiger partial charge in [-0.15, -0.1) is 0 Å². The zero-order valence-electron chi connectivity index (χ0n) is 11.2. The van der Waals surface area contributed by atoms with E-state index in [9.17, 15) is 0 Å². The van der Waals surface area contributed by atoms with Crippen LogP contribution < -0.4 is 0 Å². The van der Waals surface area contributed by atoms with Crippen LogP contribution in [0, 0.1) is 5.92 Å². The van der Waals surface area contributed by atoms with E-state index >= 15 is 0 Å². The monoisotopic (exact) mass is 255 g/mol. The molecule has 1 heteroatoms. The number of fused-ring (bicyclic) bond motifs is 1. The molecule has 16 heavy (non-hydrogen) atoms. The van der Waals surface area contributed by atoms with Gasteiger partial charge in [-0.25, -0.2) is 0 Å². The van der Waals surface area contributed by atoms with Crippen molar-refractivity contribution >= 4 is 6.08 Å². The maximum Gasteiger partial charge on any atom is 0 e. The molecule has 0 heterocycles. The summed E-state index contributed by atoms with van der Waals surface area (Å²) in [5, 5.41) is 0. The molecule has 0 unspecified atom stereocenters. The van der Waals surface area contributed by atoms with Gasteiger partial charge in [0.1, 0.15) is 0 Å². The van der Waals surface area contributed by atoms with Crippen LogP contribution in [0.3, 0.4) is 0 Å². The maximum atomic E-state index is 2.20. The average molecular weight is 255 g/mol. The molecule has 1 radical (unpaired) electrons. The second-order valence-electron chi connectivity index (χ2n) is 4.04. The van der Waals surface area contributed by atoms with Gasteiger partial charge in [-0.05, 0) is 23.5 Å². The van der Waals surface area contributed by atoms with Gasteiger partial charge >= 0.3 is 0 Å². The van der Waals surface area contributed by atoms with Gasteiger partial charge in [0.05, 0.1) is 0 Å². The Hall–Kier alpha value is -0.456. The molecule has 2 rings (SSSR count). The third kappa shape index (κ3) is 7.79. The van der Waals surface area contributed by atoms with Crippen molar-refractivity contribution in [3.05, 3.63) is 41.5 Å². The summed E-state index contributed by atoms with van der Waals surface area (Å²) in [5.41, 5.74) is 2.84. The summed E-state index contributed by atoms with van der Waals surface area (Å²) < 4.78 is 0. The summed E-state index contributed by atoms with van der Waals surface area (Å²) in [6.45, 7) is 10.5. The number of rotatable bonds is 0. The quantitative estimate of drug-likeness (QED) is 0.615. The van der Waals surface area contributed by atoms with E-state index in [1.807, 2.05) is 13.8 Å². The summed E-state index contributed by atoms with van der Waals surface area (Å²) in [7, 11) is 0. The van der Waals surface area contributed by atoms with Crippen LogP contribution in [-0.4, -0.2) is 0 Å². The van der Waals surface area contributed by atoms with Gasteiger partial charge in [-0.1, -0.05) is 71.0 Å². The molecule has 0 nitrogen and oxygen atoms in total. The molecule has 0 saturated heterocycles. The first-order valence-corrected chi connectivity index (χ1v) is 5.94. The third-order valence-electron chi connectivity index (χ3n) is 1.69. The zero-order valence-corrected chi connectivity index (χ0v) is 12.6. The summed E-state index contributed by atoms with van der Waals surface area (Å²) in [5.74, 6) is 0.833. The molecule has 1 aliphatic rings. The van der Waals surface area contributed by atoms with Crippen LogP contribution in [-0.2, 0) is 25.0 Å². The molecule has 0 aromatic heterocycles. The summed E-state index contributed by atoms with van der Waals surface area (Å²) in [6.07, 6.45) is 5.50. The largest absolute Gasteiger partial charge is 0.0795 e. The van der Waals surface area contributed by atoms with E-state index in [1.165, 1.54) is 11.1 Å². The fourth-order valence-corrected chi connectivity index (χ4v) is 1.20. The molecule has 0 atom stereocenters. The molecule has 1 aromatic rings. The van der Waals surface area contributed by atoms with Crippen molar-refractivity contribution < 1.29 is 18.6 Å². The van der Waals surface area contributed by atoms with Crippen molar-refractivity contribution in [2.24, 2.45) is 5.92 Å². The molecule has 1 aliphatic carbocycles. The number of benzene rings is 1. The first-order valence-electron chi connectivity index (χ1n) is 5.94. The maximum absolute atomic E-state index is 2.20. The van der Waals surface area contributed by atoms with E-state index in [1.54, 1.807) is 0 Å². The Kier molecular flexibility index (Phi) is 12.4. The van der Waals surface area contributed by atoms with Gasteiger partial charge in [-0.3, -0.25) is 0 Å². The second kappa shape index (κ2) is 11.0. The summed E-state index contributed by atoms with van der Waals surface area (Å²) >= 11 is 0. The van der Waals surface area contributed by atoms with Crippen LogP contribution in [0.25, 0.3) is 6.08 Å². The van der Waals surface area contributed by atoms with Gasteiger partial charge in [0.25, 0.3) is 0 Å². The van der Waals surface area contributed by atoms with Gasteiger partial charge in [0.15, 0.2) is 0 Å². The Morgan fingerprint density at radius 1 is 1.00 bits per heavy atom. The van der Waals surface area contributed by atoms with Crippen LogP contribution >= 0.6 is 0 Å². The van der Waals surface area contributed by atoms with Gasteiger partial charge in [-0.2, -0.15) is 0 Å². The van der Waals surface area contributed by atoms with Crippen molar-refractivity contribution in [1.29, 1.82) is 0 Å². The Morgan fingerprint density at radius 3 is 2.00 bits per heavy atom. The minimum atomic E-state index is 0. The number of hydrogen-bond acceptors (Lipinski definition) is 0. The first-order chi connectivity index (χ1) is 7.20. The molecule has 0 amide bonds. The second-order valence-corrected chi connectivity index (χ2v) is 4.04. The van der Waals surface area contributed by atoms with Crippen LogP contribution in [0.1, 0.15) is 45.7 Å². The van der Waals surface area contributed by atoms with E-state index in [2.05, 4.69) is 57.2 Å². The fourth-order valence-electron chi connectivity index (χ4n) is 1.20. The first kappa shape index (κ1) is 17.9. The smallest absolute Gasteiger partial charge is 0 e. The Labute approximate surface area is 113 Å². The van der Waals surface area contributed by atoms with Gasteiger partial charge in [0, 0.05) is 18.6 Å². The van der Waals surface area contributed by atoms with E-state index in [4.69, 9.17) is 0 Å². The Morgan fingerprint density at radius 2 is 1.50 bits per heavy atom. The van der Waals surface area contributed by atoms with E-state index in [0.717, 1.165) is 12.3 Å². The van der Waals surface area contributed by atoms with Crippen molar-refractivity contribution in [2.75, 3.05) is 0 Å². The number of hydrogen-bond donors (Lipinski definition) is 0. The van der Waals surface area contributed by atoms with Crippen molar-refractivity contribution in [3.63, 3.8) is 0 Å². The van der Waals surface area contributed by atoms with E-state index in [-0.39, 0.29) is 18.6 Å². The molecule has 89 valence electrons. The molecular weight excluding hydrogens is 231 g/mol. The van der Waals surface area contributed by atoms with E-state index < -0.39 is 0 Å². The molecule has 0 saturated carbocycles. The third-order valence-corrected chi connectivity index (χ3v) is 1.69. The zero-order chi connectivity index (χ0) is 11.7. The standard InChI is InChI=1S/C9H8.C4H10.C2H6.V/c1-2-5-9-7-3-6-8(9)4-1;1-4(2)3;1-2;/h1-6H,7H2;4H,1-3H3;1-2H3;.